The smallest absolute Gasteiger partial charge is 0.213 e. The van der Waals surface area contributed by atoms with Crippen molar-refractivity contribution in [1.82, 2.24) is 4.98 Å². The van der Waals surface area contributed by atoms with Crippen LogP contribution in [0.15, 0.2) is 18.3 Å². The van der Waals surface area contributed by atoms with E-state index >= 15 is 0 Å². The number of pyridine rings is 1. The quantitative estimate of drug-likeness (QED) is 0.524. The van der Waals surface area contributed by atoms with Crippen molar-refractivity contribution in [1.29, 1.82) is 0 Å². The second-order valence-electron chi connectivity index (χ2n) is 3.40. The third-order valence-electron chi connectivity index (χ3n) is 1.97. The minimum absolute atomic E-state index is 0.00493. The molecule has 0 amide bonds. The van der Waals surface area contributed by atoms with Crippen molar-refractivity contribution in [3.8, 4) is 5.88 Å². The summed E-state index contributed by atoms with van der Waals surface area (Å²) < 4.78 is 10.6. The Balaban J connectivity index is 2.29. The zero-order valence-corrected chi connectivity index (χ0v) is 9.73. The summed E-state index contributed by atoms with van der Waals surface area (Å²) in [5.74, 6) is 0.524. The Morgan fingerprint density at radius 1 is 1.31 bits per heavy atom. The lowest BCUT2D eigenvalue weighted by atomic mass is 10.2. The summed E-state index contributed by atoms with van der Waals surface area (Å²) in [6.07, 6.45) is 2.52. The summed E-state index contributed by atoms with van der Waals surface area (Å²) in [6, 6.07) is 3.40. The van der Waals surface area contributed by atoms with Crippen molar-refractivity contribution in [3.63, 3.8) is 0 Å². The van der Waals surface area contributed by atoms with E-state index in [-0.39, 0.29) is 5.78 Å². The first-order valence-corrected chi connectivity index (χ1v) is 5.41. The third-order valence-corrected chi connectivity index (χ3v) is 1.97. The number of aromatic nitrogens is 1. The van der Waals surface area contributed by atoms with E-state index in [4.69, 9.17) is 9.47 Å². The molecule has 4 heteroatoms. The molecule has 0 aliphatic rings. The fraction of sp³-hybridized carbons (Fsp3) is 0.500. The Bertz CT molecular complexity index is 322. The normalized spacial score (nSPS) is 10.1. The number of hydrogen-bond donors (Lipinski definition) is 0. The van der Waals surface area contributed by atoms with Gasteiger partial charge in [0.25, 0.3) is 0 Å². The SMILES string of the molecule is CCCOCCOc1ccc(C(C)=O)cn1. The van der Waals surface area contributed by atoms with Crippen LogP contribution >= 0.6 is 0 Å². The number of hydrogen-bond acceptors (Lipinski definition) is 4. The third kappa shape index (κ3) is 4.40. The number of carbonyl (C=O) groups excluding carboxylic acids is 1. The predicted molar refractivity (Wildman–Crippen MR) is 60.8 cm³/mol. The van der Waals surface area contributed by atoms with E-state index in [9.17, 15) is 4.79 Å². The maximum Gasteiger partial charge on any atom is 0.213 e. The summed E-state index contributed by atoms with van der Waals surface area (Å²) in [5.41, 5.74) is 0.592. The van der Waals surface area contributed by atoms with E-state index in [1.54, 1.807) is 12.1 Å². The molecule has 0 spiro atoms. The molecule has 0 fully saturated rings. The van der Waals surface area contributed by atoms with Crippen LogP contribution in [0, 0.1) is 0 Å². The highest BCUT2D eigenvalue weighted by Gasteiger charge is 2.00. The molecule has 4 nitrogen and oxygen atoms in total. The number of Topliss-reactive ketones (excluding diaryl/α,β-unsaturated/α-hetero) is 1. The molecule has 1 aromatic heterocycles. The fourth-order valence-corrected chi connectivity index (χ4v) is 1.13. The maximum atomic E-state index is 11.0. The molecule has 0 aliphatic heterocycles. The topological polar surface area (TPSA) is 48.4 Å². The van der Waals surface area contributed by atoms with Gasteiger partial charge in [-0.25, -0.2) is 4.98 Å². The molecule has 0 radical (unpaired) electrons. The summed E-state index contributed by atoms with van der Waals surface area (Å²) in [5, 5.41) is 0. The Morgan fingerprint density at radius 2 is 2.12 bits per heavy atom. The first kappa shape index (κ1) is 12.6. The van der Waals surface area contributed by atoms with Crippen LogP contribution in [-0.4, -0.2) is 30.6 Å². The van der Waals surface area contributed by atoms with Gasteiger partial charge in [0.1, 0.15) is 6.61 Å². The average molecular weight is 223 g/mol. The molecule has 0 atom stereocenters. The fourth-order valence-electron chi connectivity index (χ4n) is 1.13. The van der Waals surface area contributed by atoms with Crippen LogP contribution in [0.2, 0.25) is 0 Å². The van der Waals surface area contributed by atoms with Crippen LogP contribution in [0.4, 0.5) is 0 Å². The van der Waals surface area contributed by atoms with Gasteiger partial charge in [0.05, 0.1) is 6.61 Å². The molecule has 1 aromatic rings. The summed E-state index contributed by atoms with van der Waals surface area (Å²) in [6.45, 7) is 5.36. The second kappa shape index (κ2) is 6.95. The highest BCUT2D eigenvalue weighted by molar-refractivity contribution is 5.93. The van der Waals surface area contributed by atoms with E-state index in [1.165, 1.54) is 13.1 Å². The molecule has 0 saturated heterocycles. The molecule has 1 rings (SSSR count). The summed E-state index contributed by atoms with van der Waals surface area (Å²) >= 11 is 0. The van der Waals surface area contributed by atoms with Gasteiger partial charge in [-0.1, -0.05) is 6.92 Å². The van der Waals surface area contributed by atoms with Crippen molar-refractivity contribution in [3.05, 3.63) is 23.9 Å². The van der Waals surface area contributed by atoms with Crippen molar-refractivity contribution in [2.45, 2.75) is 20.3 Å². The summed E-state index contributed by atoms with van der Waals surface area (Å²) in [7, 11) is 0. The monoisotopic (exact) mass is 223 g/mol. The molecule has 0 aliphatic carbocycles. The van der Waals surface area contributed by atoms with Crippen molar-refractivity contribution >= 4 is 5.78 Å². The second-order valence-corrected chi connectivity index (χ2v) is 3.40. The molecule has 0 unspecified atom stereocenters. The Hall–Kier alpha value is -1.42. The number of ether oxygens (including phenoxy) is 2. The zero-order chi connectivity index (χ0) is 11.8. The van der Waals surface area contributed by atoms with Crippen molar-refractivity contribution < 1.29 is 14.3 Å². The van der Waals surface area contributed by atoms with Crippen LogP contribution in [0.25, 0.3) is 0 Å². The molecule has 16 heavy (non-hydrogen) atoms. The minimum atomic E-state index is 0.00493. The van der Waals surface area contributed by atoms with E-state index < -0.39 is 0 Å². The Labute approximate surface area is 95.6 Å². The molecular formula is C12H17NO3. The lowest BCUT2D eigenvalue weighted by Crippen LogP contribution is -2.08. The molecular weight excluding hydrogens is 206 g/mol. The van der Waals surface area contributed by atoms with Gasteiger partial charge in [-0.2, -0.15) is 0 Å². The van der Waals surface area contributed by atoms with Gasteiger partial charge in [0.15, 0.2) is 5.78 Å². The van der Waals surface area contributed by atoms with Crippen molar-refractivity contribution in [2.75, 3.05) is 19.8 Å². The molecule has 0 bridgehead atoms. The molecule has 1 heterocycles. The number of nitrogens with zero attached hydrogens (tertiary/aromatic N) is 1. The average Bonchev–Trinajstić information content (AvgIpc) is 2.29. The number of carbonyl (C=O) groups is 1. The number of ketones is 1. The van der Waals surface area contributed by atoms with Gasteiger partial charge in [0.2, 0.25) is 5.88 Å². The number of rotatable bonds is 7. The van der Waals surface area contributed by atoms with E-state index in [1.807, 2.05) is 0 Å². The highest BCUT2D eigenvalue weighted by atomic mass is 16.5. The molecule has 0 saturated carbocycles. The largest absolute Gasteiger partial charge is 0.475 e. The predicted octanol–water partition coefficient (Wildman–Crippen LogP) is 2.09. The standard InChI is InChI=1S/C12H17NO3/c1-3-6-15-7-8-16-12-5-4-11(9-13-12)10(2)14/h4-5,9H,3,6-8H2,1-2H3. The molecule has 88 valence electrons. The van der Waals surface area contributed by atoms with Crippen LogP contribution in [0.1, 0.15) is 30.6 Å². The molecule has 0 N–H and O–H groups in total. The van der Waals surface area contributed by atoms with E-state index in [0.717, 1.165) is 13.0 Å². The Kier molecular flexibility index (Phi) is 5.50. The van der Waals surface area contributed by atoms with E-state index in [0.29, 0.717) is 24.7 Å². The zero-order valence-electron chi connectivity index (χ0n) is 9.73. The van der Waals surface area contributed by atoms with Crippen molar-refractivity contribution in [2.24, 2.45) is 0 Å². The van der Waals surface area contributed by atoms with Gasteiger partial charge in [-0.15, -0.1) is 0 Å². The lowest BCUT2D eigenvalue weighted by Gasteiger charge is -2.05. The highest BCUT2D eigenvalue weighted by Crippen LogP contribution is 2.07. The van der Waals surface area contributed by atoms with Gasteiger partial charge >= 0.3 is 0 Å². The van der Waals surface area contributed by atoms with Gasteiger partial charge in [-0.05, 0) is 19.4 Å². The lowest BCUT2D eigenvalue weighted by molar-refractivity contribution is 0.0986. The van der Waals surface area contributed by atoms with Crippen LogP contribution in [0.3, 0.4) is 0 Å². The van der Waals surface area contributed by atoms with E-state index in [2.05, 4.69) is 11.9 Å². The van der Waals surface area contributed by atoms with Crippen LogP contribution in [0.5, 0.6) is 5.88 Å². The van der Waals surface area contributed by atoms with Crippen LogP contribution < -0.4 is 4.74 Å². The van der Waals surface area contributed by atoms with Gasteiger partial charge in [0, 0.05) is 24.4 Å². The first-order valence-electron chi connectivity index (χ1n) is 5.41. The van der Waals surface area contributed by atoms with Gasteiger partial charge in [-0.3, -0.25) is 4.79 Å². The minimum Gasteiger partial charge on any atom is -0.475 e. The molecule has 0 aromatic carbocycles. The summed E-state index contributed by atoms with van der Waals surface area (Å²) in [4.78, 5) is 15.0. The maximum absolute atomic E-state index is 11.0. The van der Waals surface area contributed by atoms with Crippen LogP contribution in [-0.2, 0) is 4.74 Å². The van der Waals surface area contributed by atoms with Gasteiger partial charge < -0.3 is 9.47 Å². The Morgan fingerprint density at radius 3 is 2.69 bits per heavy atom. The first-order chi connectivity index (χ1) is 7.74.